The molecule has 15 heavy (non-hydrogen) atoms. The first kappa shape index (κ1) is 13.4. The van der Waals surface area contributed by atoms with Crippen molar-refractivity contribution in [3.05, 3.63) is 0 Å². The minimum Gasteiger partial charge on any atom is -0.330 e. The highest BCUT2D eigenvalue weighted by Crippen LogP contribution is 2.43. The monoisotopic (exact) mass is 229 g/mol. The fourth-order valence-electron chi connectivity index (χ4n) is 2.67. The maximum absolute atomic E-state index is 5.87. The normalized spacial score (nSPS) is 33.0. The molecule has 0 bridgehead atoms. The van der Waals surface area contributed by atoms with Gasteiger partial charge in [-0.05, 0) is 48.8 Å². The van der Waals surface area contributed by atoms with E-state index >= 15 is 0 Å². The Bertz CT molecular complexity index is 185. The van der Waals surface area contributed by atoms with Crippen molar-refractivity contribution < 1.29 is 0 Å². The Morgan fingerprint density at radius 1 is 1.27 bits per heavy atom. The maximum Gasteiger partial charge on any atom is 0.00900 e. The van der Waals surface area contributed by atoms with Crippen molar-refractivity contribution in [2.75, 3.05) is 12.3 Å². The lowest BCUT2D eigenvalue weighted by molar-refractivity contribution is 0.157. The molecular formula is C13H27NS. The molecule has 0 aliphatic heterocycles. The SMILES string of the molecule is CCSC1CC(C(C)(C)C)CCC1CN. The van der Waals surface area contributed by atoms with Gasteiger partial charge in [0.05, 0.1) is 0 Å². The van der Waals surface area contributed by atoms with Gasteiger partial charge in [-0.2, -0.15) is 11.8 Å². The van der Waals surface area contributed by atoms with Crippen molar-refractivity contribution in [1.82, 2.24) is 0 Å². The number of rotatable bonds is 3. The highest BCUT2D eigenvalue weighted by Gasteiger charge is 2.35. The van der Waals surface area contributed by atoms with E-state index in [2.05, 4.69) is 39.5 Å². The number of hydrogen-bond donors (Lipinski definition) is 1. The average Bonchev–Trinajstić information content (AvgIpc) is 2.17. The van der Waals surface area contributed by atoms with Gasteiger partial charge in [-0.15, -0.1) is 0 Å². The molecule has 1 fully saturated rings. The molecule has 0 radical (unpaired) electrons. The van der Waals surface area contributed by atoms with Crippen LogP contribution in [0.4, 0.5) is 0 Å². The number of hydrogen-bond acceptors (Lipinski definition) is 2. The smallest absolute Gasteiger partial charge is 0.00900 e. The molecule has 90 valence electrons. The molecule has 0 aromatic rings. The Kier molecular flexibility index (Phi) is 4.98. The van der Waals surface area contributed by atoms with Gasteiger partial charge in [0.25, 0.3) is 0 Å². The molecule has 0 saturated heterocycles. The van der Waals surface area contributed by atoms with Crippen molar-refractivity contribution in [3.8, 4) is 0 Å². The Morgan fingerprint density at radius 2 is 1.93 bits per heavy atom. The van der Waals surface area contributed by atoms with E-state index in [1.807, 2.05) is 0 Å². The van der Waals surface area contributed by atoms with Gasteiger partial charge in [-0.1, -0.05) is 27.7 Å². The lowest BCUT2D eigenvalue weighted by atomic mass is 9.69. The molecule has 0 spiro atoms. The summed E-state index contributed by atoms with van der Waals surface area (Å²) >= 11 is 2.12. The van der Waals surface area contributed by atoms with Crippen LogP contribution in [0.15, 0.2) is 0 Å². The van der Waals surface area contributed by atoms with E-state index in [9.17, 15) is 0 Å². The van der Waals surface area contributed by atoms with Crippen LogP contribution < -0.4 is 5.73 Å². The summed E-state index contributed by atoms with van der Waals surface area (Å²) in [6.07, 6.45) is 4.10. The second-order valence-electron chi connectivity index (χ2n) is 5.87. The van der Waals surface area contributed by atoms with Crippen molar-refractivity contribution in [3.63, 3.8) is 0 Å². The Hall–Kier alpha value is 0.310. The number of thioether (sulfide) groups is 1. The first-order chi connectivity index (χ1) is 6.99. The third kappa shape index (κ3) is 3.67. The van der Waals surface area contributed by atoms with Crippen molar-refractivity contribution >= 4 is 11.8 Å². The van der Waals surface area contributed by atoms with Gasteiger partial charge >= 0.3 is 0 Å². The third-order valence-electron chi connectivity index (χ3n) is 3.84. The van der Waals surface area contributed by atoms with Gasteiger partial charge in [-0.3, -0.25) is 0 Å². The summed E-state index contributed by atoms with van der Waals surface area (Å²) in [5, 5.41) is 0.818. The van der Waals surface area contributed by atoms with Gasteiger partial charge < -0.3 is 5.73 Å². The first-order valence-corrected chi connectivity index (χ1v) is 7.35. The van der Waals surface area contributed by atoms with E-state index in [-0.39, 0.29) is 0 Å². The van der Waals surface area contributed by atoms with Crippen LogP contribution >= 0.6 is 11.8 Å². The molecule has 2 heteroatoms. The van der Waals surface area contributed by atoms with Crippen LogP contribution in [0, 0.1) is 17.3 Å². The zero-order chi connectivity index (χ0) is 11.5. The van der Waals surface area contributed by atoms with Crippen LogP contribution in [-0.4, -0.2) is 17.5 Å². The molecule has 1 aliphatic carbocycles. The Balaban J connectivity index is 2.57. The molecule has 2 N–H and O–H groups in total. The molecule has 0 amide bonds. The van der Waals surface area contributed by atoms with E-state index < -0.39 is 0 Å². The van der Waals surface area contributed by atoms with Crippen molar-refractivity contribution in [1.29, 1.82) is 0 Å². The zero-order valence-corrected chi connectivity index (χ0v) is 11.6. The molecular weight excluding hydrogens is 202 g/mol. The maximum atomic E-state index is 5.87. The van der Waals surface area contributed by atoms with Crippen LogP contribution in [0.1, 0.15) is 47.0 Å². The van der Waals surface area contributed by atoms with Gasteiger partial charge in [0.1, 0.15) is 0 Å². The van der Waals surface area contributed by atoms with Crippen LogP contribution in [0.2, 0.25) is 0 Å². The van der Waals surface area contributed by atoms with Crippen LogP contribution in [0.25, 0.3) is 0 Å². The van der Waals surface area contributed by atoms with Gasteiger partial charge in [0.15, 0.2) is 0 Å². The summed E-state index contributed by atoms with van der Waals surface area (Å²) in [4.78, 5) is 0. The van der Waals surface area contributed by atoms with E-state index in [0.717, 1.165) is 23.6 Å². The molecule has 3 unspecified atom stereocenters. The van der Waals surface area contributed by atoms with E-state index in [4.69, 9.17) is 5.73 Å². The van der Waals surface area contributed by atoms with Gasteiger partial charge in [0, 0.05) is 5.25 Å². The molecule has 1 saturated carbocycles. The van der Waals surface area contributed by atoms with Crippen LogP contribution in [-0.2, 0) is 0 Å². The Labute approximate surface area is 99.6 Å². The quantitative estimate of drug-likeness (QED) is 0.801. The lowest BCUT2D eigenvalue weighted by Gasteiger charge is -2.41. The molecule has 0 heterocycles. The summed E-state index contributed by atoms with van der Waals surface area (Å²) in [6, 6.07) is 0. The molecule has 0 aromatic carbocycles. The molecule has 0 aromatic heterocycles. The second-order valence-corrected chi connectivity index (χ2v) is 7.38. The summed E-state index contributed by atoms with van der Waals surface area (Å²) in [5.74, 6) is 2.90. The molecule has 1 rings (SSSR count). The second kappa shape index (κ2) is 5.58. The zero-order valence-electron chi connectivity index (χ0n) is 10.8. The highest BCUT2D eigenvalue weighted by atomic mass is 32.2. The molecule has 1 aliphatic rings. The van der Waals surface area contributed by atoms with Crippen LogP contribution in [0.3, 0.4) is 0 Å². The first-order valence-electron chi connectivity index (χ1n) is 6.30. The standard InChI is InChI=1S/C13H27NS/c1-5-15-12-8-11(13(2,3)4)7-6-10(12)9-14/h10-12H,5-9,14H2,1-4H3. The van der Waals surface area contributed by atoms with Gasteiger partial charge in [0.2, 0.25) is 0 Å². The summed E-state index contributed by atoms with van der Waals surface area (Å²) in [6.45, 7) is 10.3. The fraction of sp³-hybridized carbons (Fsp3) is 1.00. The Morgan fingerprint density at radius 3 is 2.40 bits per heavy atom. The van der Waals surface area contributed by atoms with E-state index in [1.165, 1.54) is 25.0 Å². The average molecular weight is 229 g/mol. The molecule has 1 nitrogen and oxygen atoms in total. The van der Waals surface area contributed by atoms with Crippen molar-refractivity contribution in [2.45, 2.75) is 52.2 Å². The van der Waals surface area contributed by atoms with Gasteiger partial charge in [-0.25, -0.2) is 0 Å². The van der Waals surface area contributed by atoms with E-state index in [0.29, 0.717) is 5.41 Å². The minimum atomic E-state index is 0.478. The lowest BCUT2D eigenvalue weighted by Crippen LogP contribution is -2.36. The minimum absolute atomic E-state index is 0.478. The van der Waals surface area contributed by atoms with Crippen LogP contribution in [0.5, 0.6) is 0 Å². The predicted octanol–water partition coefficient (Wildman–Crippen LogP) is 3.53. The summed E-state index contributed by atoms with van der Waals surface area (Å²) < 4.78 is 0. The molecule has 3 atom stereocenters. The predicted molar refractivity (Wildman–Crippen MR) is 71.3 cm³/mol. The highest BCUT2D eigenvalue weighted by molar-refractivity contribution is 7.99. The topological polar surface area (TPSA) is 26.0 Å². The van der Waals surface area contributed by atoms with Crippen molar-refractivity contribution in [2.24, 2.45) is 23.0 Å². The number of nitrogens with two attached hydrogens (primary N) is 1. The fourth-order valence-corrected chi connectivity index (χ4v) is 3.98. The third-order valence-corrected chi connectivity index (χ3v) is 5.18. The largest absolute Gasteiger partial charge is 0.330 e. The summed E-state index contributed by atoms with van der Waals surface area (Å²) in [5.41, 5.74) is 6.34. The van der Waals surface area contributed by atoms with E-state index in [1.54, 1.807) is 0 Å². The summed E-state index contributed by atoms with van der Waals surface area (Å²) in [7, 11) is 0.